The SMILES string of the molecule is CC(=O)O[C@@H](C(=O)N1C(=O)OC[C@@H]1c1ccccc1)c1ccccc1. The van der Waals surface area contributed by atoms with Crippen molar-refractivity contribution in [3.05, 3.63) is 71.8 Å². The summed E-state index contributed by atoms with van der Waals surface area (Å²) in [6.45, 7) is 1.29. The van der Waals surface area contributed by atoms with Crippen LogP contribution in [0, 0.1) is 0 Å². The molecule has 0 aromatic heterocycles. The van der Waals surface area contributed by atoms with Crippen molar-refractivity contribution in [1.29, 1.82) is 0 Å². The summed E-state index contributed by atoms with van der Waals surface area (Å²) in [5.74, 6) is -1.23. The summed E-state index contributed by atoms with van der Waals surface area (Å²) < 4.78 is 10.3. The number of cyclic esters (lactones) is 1. The molecule has 128 valence electrons. The Morgan fingerprint density at radius 2 is 1.68 bits per heavy atom. The van der Waals surface area contributed by atoms with Crippen molar-refractivity contribution >= 4 is 18.0 Å². The maximum atomic E-state index is 13.0. The predicted octanol–water partition coefficient (Wildman–Crippen LogP) is 3.01. The number of nitrogens with zero attached hydrogens (tertiary/aromatic N) is 1. The molecule has 2 amide bonds. The van der Waals surface area contributed by atoms with Gasteiger partial charge < -0.3 is 9.47 Å². The average molecular weight is 339 g/mol. The lowest BCUT2D eigenvalue weighted by atomic mass is 10.0. The Kier molecular flexibility index (Phi) is 4.79. The molecule has 1 heterocycles. The van der Waals surface area contributed by atoms with Crippen molar-refractivity contribution in [2.24, 2.45) is 0 Å². The molecule has 0 N–H and O–H groups in total. The van der Waals surface area contributed by atoms with Gasteiger partial charge in [0.25, 0.3) is 5.91 Å². The van der Waals surface area contributed by atoms with E-state index >= 15 is 0 Å². The van der Waals surface area contributed by atoms with Gasteiger partial charge in [-0.05, 0) is 5.56 Å². The van der Waals surface area contributed by atoms with Crippen LogP contribution in [0.5, 0.6) is 0 Å². The molecular weight excluding hydrogens is 322 g/mol. The monoisotopic (exact) mass is 339 g/mol. The smallest absolute Gasteiger partial charge is 0.417 e. The van der Waals surface area contributed by atoms with Crippen LogP contribution in [0.2, 0.25) is 0 Å². The average Bonchev–Trinajstić information content (AvgIpc) is 3.02. The number of hydrogen-bond donors (Lipinski definition) is 0. The number of ether oxygens (including phenoxy) is 2. The second kappa shape index (κ2) is 7.17. The molecular formula is C19H17NO5. The Labute approximate surface area is 145 Å². The molecule has 6 heteroatoms. The second-order valence-corrected chi connectivity index (χ2v) is 5.61. The Hall–Kier alpha value is -3.15. The van der Waals surface area contributed by atoms with Crippen molar-refractivity contribution in [1.82, 2.24) is 4.90 Å². The summed E-state index contributed by atoms with van der Waals surface area (Å²) in [4.78, 5) is 37.7. The van der Waals surface area contributed by atoms with Crippen molar-refractivity contribution < 1.29 is 23.9 Å². The van der Waals surface area contributed by atoms with Crippen LogP contribution in [-0.4, -0.2) is 29.5 Å². The van der Waals surface area contributed by atoms with Gasteiger partial charge in [-0.2, -0.15) is 0 Å². The highest BCUT2D eigenvalue weighted by Gasteiger charge is 2.43. The van der Waals surface area contributed by atoms with E-state index < -0.39 is 30.1 Å². The third-order valence-electron chi connectivity index (χ3n) is 3.91. The van der Waals surface area contributed by atoms with Gasteiger partial charge >= 0.3 is 12.1 Å². The van der Waals surface area contributed by atoms with E-state index in [9.17, 15) is 14.4 Å². The molecule has 0 unspecified atom stereocenters. The van der Waals surface area contributed by atoms with Crippen molar-refractivity contribution in [2.75, 3.05) is 6.61 Å². The molecule has 0 saturated carbocycles. The van der Waals surface area contributed by atoms with Crippen LogP contribution in [0.25, 0.3) is 0 Å². The minimum atomic E-state index is -1.20. The van der Waals surface area contributed by atoms with Gasteiger partial charge in [0.15, 0.2) is 0 Å². The normalized spacial score (nSPS) is 17.7. The number of hydrogen-bond acceptors (Lipinski definition) is 5. The zero-order valence-corrected chi connectivity index (χ0v) is 13.6. The summed E-state index contributed by atoms with van der Waals surface area (Å²) in [7, 11) is 0. The highest BCUT2D eigenvalue weighted by atomic mass is 16.6. The van der Waals surface area contributed by atoms with E-state index in [1.807, 2.05) is 30.3 Å². The second-order valence-electron chi connectivity index (χ2n) is 5.61. The molecule has 2 atom stereocenters. The molecule has 6 nitrogen and oxygen atoms in total. The van der Waals surface area contributed by atoms with E-state index in [0.717, 1.165) is 10.5 Å². The standard InChI is InChI=1S/C19H17NO5/c1-13(21)25-17(15-10-6-3-7-11-15)18(22)20-16(12-24-19(20)23)14-8-4-2-5-9-14/h2-11,16-17H,12H2,1H3/t16-,17-/m1/s1. The fraction of sp³-hybridized carbons (Fsp3) is 0.211. The third kappa shape index (κ3) is 3.52. The van der Waals surface area contributed by atoms with Crippen LogP contribution in [-0.2, 0) is 19.1 Å². The first-order valence-electron chi connectivity index (χ1n) is 7.85. The van der Waals surface area contributed by atoms with Gasteiger partial charge in [-0.15, -0.1) is 0 Å². The van der Waals surface area contributed by atoms with Crippen LogP contribution < -0.4 is 0 Å². The summed E-state index contributed by atoms with van der Waals surface area (Å²) in [6, 6.07) is 17.2. The van der Waals surface area contributed by atoms with Gasteiger partial charge in [0.05, 0.1) is 0 Å². The first-order chi connectivity index (χ1) is 12.1. The number of carbonyl (C=O) groups is 3. The lowest BCUT2D eigenvalue weighted by molar-refractivity contribution is -0.158. The Bertz CT molecular complexity index is 775. The minimum Gasteiger partial charge on any atom is -0.447 e. The molecule has 0 spiro atoms. The first kappa shape index (κ1) is 16.7. The fourth-order valence-corrected chi connectivity index (χ4v) is 2.77. The third-order valence-corrected chi connectivity index (χ3v) is 3.91. The van der Waals surface area contributed by atoms with Gasteiger partial charge in [0.2, 0.25) is 6.10 Å². The quantitative estimate of drug-likeness (QED) is 0.801. The van der Waals surface area contributed by atoms with Gasteiger partial charge in [-0.25, -0.2) is 9.69 Å². The van der Waals surface area contributed by atoms with E-state index in [1.54, 1.807) is 30.3 Å². The molecule has 1 fully saturated rings. The Morgan fingerprint density at radius 1 is 1.08 bits per heavy atom. The summed E-state index contributed by atoms with van der Waals surface area (Å²) in [5, 5.41) is 0. The number of benzene rings is 2. The van der Waals surface area contributed by atoms with Crippen molar-refractivity contribution in [2.45, 2.75) is 19.1 Å². The highest BCUT2D eigenvalue weighted by Crippen LogP contribution is 2.32. The van der Waals surface area contributed by atoms with Gasteiger partial charge in [-0.1, -0.05) is 60.7 Å². The lowest BCUT2D eigenvalue weighted by Gasteiger charge is -2.25. The van der Waals surface area contributed by atoms with Crippen molar-refractivity contribution in [3.8, 4) is 0 Å². The zero-order chi connectivity index (χ0) is 17.8. The fourth-order valence-electron chi connectivity index (χ4n) is 2.77. The molecule has 2 aromatic carbocycles. The topological polar surface area (TPSA) is 72.9 Å². The van der Waals surface area contributed by atoms with Crippen LogP contribution in [0.1, 0.15) is 30.2 Å². The van der Waals surface area contributed by atoms with Crippen LogP contribution in [0.3, 0.4) is 0 Å². The molecule has 0 radical (unpaired) electrons. The van der Waals surface area contributed by atoms with E-state index in [2.05, 4.69) is 0 Å². The molecule has 25 heavy (non-hydrogen) atoms. The summed E-state index contributed by atoms with van der Waals surface area (Å²) >= 11 is 0. The minimum absolute atomic E-state index is 0.0656. The largest absolute Gasteiger partial charge is 0.447 e. The number of esters is 1. The molecule has 1 aliphatic rings. The summed E-state index contributed by atoms with van der Waals surface area (Å²) in [6.07, 6.45) is -1.94. The molecule has 1 saturated heterocycles. The van der Waals surface area contributed by atoms with E-state index in [4.69, 9.17) is 9.47 Å². The van der Waals surface area contributed by atoms with Crippen LogP contribution >= 0.6 is 0 Å². The number of amides is 2. The molecule has 0 aliphatic carbocycles. The molecule has 1 aliphatic heterocycles. The van der Waals surface area contributed by atoms with E-state index in [1.165, 1.54) is 6.92 Å². The Balaban J connectivity index is 1.94. The highest BCUT2D eigenvalue weighted by molar-refractivity contribution is 5.97. The predicted molar refractivity (Wildman–Crippen MR) is 88.3 cm³/mol. The van der Waals surface area contributed by atoms with Crippen LogP contribution in [0.15, 0.2) is 60.7 Å². The van der Waals surface area contributed by atoms with Gasteiger partial charge in [-0.3, -0.25) is 9.59 Å². The number of carbonyl (C=O) groups excluding carboxylic acids is 3. The van der Waals surface area contributed by atoms with E-state index in [-0.39, 0.29) is 6.61 Å². The zero-order valence-electron chi connectivity index (χ0n) is 13.6. The molecule has 0 bridgehead atoms. The lowest BCUT2D eigenvalue weighted by Crippen LogP contribution is -2.39. The Morgan fingerprint density at radius 3 is 2.28 bits per heavy atom. The van der Waals surface area contributed by atoms with Crippen LogP contribution in [0.4, 0.5) is 4.79 Å². The first-order valence-corrected chi connectivity index (χ1v) is 7.85. The van der Waals surface area contributed by atoms with E-state index in [0.29, 0.717) is 5.56 Å². The van der Waals surface area contributed by atoms with Gasteiger partial charge in [0, 0.05) is 12.5 Å². The maximum Gasteiger partial charge on any atom is 0.417 e. The molecule has 2 aromatic rings. The summed E-state index contributed by atoms with van der Waals surface area (Å²) in [5.41, 5.74) is 1.27. The molecule has 3 rings (SSSR count). The number of rotatable bonds is 4. The van der Waals surface area contributed by atoms with Crippen molar-refractivity contribution in [3.63, 3.8) is 0 Å². The maximum absolute atomic E-state index is 13.0. The number of imide groups is 1. The van der Waals surface area contributed by atoms with Gasteiger partial charge in [0.1, 0.15) is 12.6 Å².